The van der Waals surface area contributed by atoms with Crippen LogP contribution in [0.2, 0.25) is 5.02 Å². The predicted molar refractivity (Wildman–Crippen MR) is 100 cm³/mol. The number of Topliss-reactive ketones (excluding diaryl/α,β-unsaturated/α-hetero) is 1. The third kappa shape index (κ3) is 4.32. The van der Waals surface area contributed by atoms with Gasteiger partial charge in [0.15, 0.2) is 11.7 Å². The number of imide groups is 1. The Morgan fingerprint density at radius 2 is 2.11 bits per heavy atom. The number of nitriles is 1. The summed E-state index contributed by atoms with van der Waals surface area (Å²) < 4.78 is 0. The summed E-state index contributed by atoms with van der Waals surface area (Å²) in [6, 6.07) is 8.70. The normalized spacial score (nSPS) is 14.7. The van der Waals surface area contributed by atoms with Crippen LogP contribution in [0.1, 0.15) is 23.8 Å². The zero-order valence-electron chi connectivity index (χ0n) is 14.1. The van der Waals surface area contributed by atoms with E-state index in [2.05, 4.69) is 10.3 Å². The van der Waals surface area contributed by atoms with Crippen LogP contribution in [0.3, 0.4) is 0 Å². The van der Waals surface area contributed by atoms with Gasteiger partial charge in [-0.3, -0.25) is 14.5 Å². The number of halogens is 1. The highest BCUT2D eigenvalue weighted by Crippen LogP contribution is 2.28. The van der Waals surface area contributed by atoms with E-state index in [-0.39, 0.29) is 31.2 Å². The van der Waals surface area contributed by atoms with Crippen molar-refractivity contribution in [3.63, 3.8) is 0 Å². The Morgan fingerprint density at radius 1 is 1.37 bits per heavy atom. The maximum absolute atomic E-state index is 12.4. The molecule has 1 aromatic heterocycles. The Hall–Kier alpha value is -2.76. The Bertz CT molecular complexity index is 903. The smallest absolute Gasteiger partial charge is 0.324 e. The van der Waals surface area contributed by atoms with Gasteiger partial charge in [-0.15, -0.1) is 11.3 Å². The van der Waals surface area contributed by atoms with Crippen molar-refractivity contribution in [3.05, 3.63) is 39.7 Å². The molecule has 1 aliphatic rings. The molecule has 0 radical (unpaired) electrons. The van der Waals surface area contributed by atoms with Gasteiger partial charge >= 0.3 is 6.03 Å². The van der Waals surface area contributed by atoms with Gasteiger partial charge in [0.25, 0.3) is 0 Å². The Morgan fingerprint density at radius 3 is 2.74 bits per heavy atom. The molecule has 1 saturated heterocycles. The first-order valence-electron chi connectivity index (χ1n) is 8.21. The number of rotatable bonds is 7. The minimum atomic E-state index is -0.959. The van der Waals surface area contributed by atoms with Gasteiger partial charge in [0, 0.05) is 28.9 Å². The van der Waals surface area contributed by atoms with Crippen molar-refractivity contribution < 1.29 is 14.4 Å². The van der Waals surface area contributed by atoms with Gasteiger partial charge in [-0.1, -0.05) is 23.7 Å². The maximum atomic E-state index is 12.4. The molecule has 1 N–H and O–H groups in total. The second kappa shape index (κ2) is 8.29. The highest BCUT2D eigenvalue weighted by atomic mass is 35.5. The van der Waals surface area contributed by atoms with Crippen molar-refractivity contribution in [2.75, 3.05) is 13.1 Å². The minimum absolute atomic E-state index is 0.0137. The van der Waals surface area contributed by atoms with Gasteiger partial charge in [-0.05, 0) is 18.6 Å². The Labute approximate surface area is 164 Å². The summed E-state index contributed by atoms with van der Waals surface area (Å²) in [5, 5.41) is 14.7. The maximum Gasteiger partial charge on any atom is 0.324 e. The first-order chi connectivity index (χ1) is 13.0. The fraction of sp³-hybridized carbons (Fsp3) is 0.278. The number of benzene rings is 1. The van der Waals surface area contributed by atoms with E-state index in [1.807, 2.05) is 18.2 Å². The van der Waals surface area contributed by atoms with Crippen molar-refractivity contribution in [3.8, 4) is 17.3 Å². The minimum Gasteiger partial charge on any atom is -0.329 e. The molecule has 0 aliphatic carbocycles. The number of aromatic nitrogens is 1. The SMILES string of the molecule is N#CC(C(=O)CCCN1C(=O)CNC1=O)c1nc(-c2ccc(Cl)cc2)cs1. The average Bonchev–Trinajstić information content (AvgIpc) is 3.25. The van der Waals surface area contributed by atoms with Gasteiger partial charge in [0.2, 0.25) is 5.91 Å². The standard InChI is InChI=1S/C18H15ClN4O3S/c19-12-5-3-11(4-6-12)14-10-27-17(22-14)13(8-20)15(24)2-1-7-23-16(25)9-21-18(23)26/h3-6,10,13H,1-2,7,9H2,(H,21,26). The topological polar surface area (TPSA) is 103 Å². The van der Waals surface area contributed by atoms with Crippen LogP contribution in [0, 0.1) is 11.3 Å². The van der Waals surface area contributed by atoms with Crippen LogP contribution in [0.15, 0.2) is 29.6 Å². The zero-order valence-corrected chi connectivity index (χ0v) is 15.7. The monoisotopic (exact) mass is 402 g/mol. The molecular formula is C18H15ClN4O3S. The number of thiazole rings is 1. The van der Waals surface area contributed by atoms with Crippen LogP contribution in [0.25, 0.3) is 11.3 Å². The number of carbonyl (C=O) groups is 3. The van der Waals surface area contributed by atoms with Gasteiger partial charge in [0.05, 0.1) is 18.3 Å². The van der Waals surface area contributed by atoms with Gasteiger partial charge in [-0.2, -0.15) is 5.26 Å². The number of ketones is 1. The summed E-state index contributed by atoms with van der Waals surface area (Å²) >= 11 is 7.13. The number of nitrogens with zero attached hydrogens (tertiary/aromatic N) is 3. The molecule has 27 heavy (non-hydrogen) atoms. The van der Waals surface area contributed by atoms with Crippen molar-refractivity contribution >= 4 is 40.7 Å². The number of nitrogens with one attached hydrogen (secondary N) is 1. The molecule has 9 heteroatoms. The third-order valence-corrected chi connectivity index (χ3v) is 5.26. The fourth-order valence-electron chi connectivity index (χ4n) is 2.68. The molecule has 0 spiro atoms. The third-order valence-electron chi connectivity index (χ3n) is 4.10. The summed E-state index contributed by atoms with van der Waals surface area (Å²) in [4.78, 5) is 40.9. The lowest BCUT2D eigenvalue weighted by atomic mass is 10.0. The highest BCUT2D eigenvalue weighted by molar-refractivity contribution is 7.10. The lowest BCUT2D eigenvalue weighted by Gasteiger charge is -2.12. The molecule has 0 bridgehead atoms. The fourth-order valence-corrected chi connectivity index (χ4v) is 3.69. The Kier molecular flexibility index (Phi) is 5.84. The molecule has 138 valence electrons. The number of amides is 3. The van der Waals surface area contributed by atoms with E-state index in [1.165, 1.54) is 11.3 Å². The van der Waals surface area contributed by atoms with E-state index >= 15 is 0 Å². The summed E-state index contributed by atoms with van der Waals surface area (Å²) in [5.74, 6) is -1.54. The predicted octanol–water partition coefficient (Wildman–Crippen LogP) is 2.97. The summed E-state index contributed by atoms with van der Waals surface area (Å²) in [5.41, 5.74) is 1.53. The Balaban J connectivity index is 1.62. The second-order valence-corrected chi connectivity index (χ2v) is 7.24. The van der Waals surface area contributed by atoms with Crippen LogP contribution < -0.4 is 5.32 Å². The van der Waals surface area contributed by atoms with Crippen LogP contribution in [-0.2, 0) is 9.59 Å². The van der Waals surface area contributed by atoms with Crippen LogP contribution in [-0.4, -0.2) is 40.7 Å². The van der Waals surface area contributed by atoms with Crippen molar-refractivity contribution in [1.29, 1.82) is 5.26 Å². The van der Waals surface area contributed by atoms with Crippen molar-refractivity contribution in [2.45, 2.75) is 18.8 Å². The van der Waals surface area contributed by atoms with Crippen LogP contribution >= 0.6 is 22.9 Å². The molecule has 1 fully saturated rings. The van der Waals surface area contributed by atoms with Gasteiger partial charge < -0.3 is 5.32 Å². The molecular weight excluding hydrogens is 388 g/mol. The molecule has 3 rings (SSSR count). The van der Waals surface area contributed by atoms with Crippen molar-refractivity contribution in [1.82, 2.24) is 15.2 Å². The molecule has 2 aromatic rings. The van der Waals surface area contributed by atoms with E-state index in [0.717, 1.165) is 10.5 Å². The molecule has 1 aliphatic heterocycles. The summed E-state index contributed by atoms with van der Waals surface area (Å²) in [7, 11) is 0. The van der Waals surface area contributed by atoms with E-state index in [9.17, 15) is 19.6 Å². The lowest BCUT2D eigenvalue weighted by molar-refractivity contribution is -0.125. The number of hydrogen-bond acceptors (Lipinski definition) is 6. The quantitative estimate of drug-likeness (QED) is 0.717. The molecule has 1 aromatic carbocycles. The molecule has 7 nitrogen and oxygen atoms in total. The summed E-state index contributed by atoms with van der Waals surface area (Å²) in [6.45, 7) is 0.142. The van der Waals surface area contributed by atoms with Crippen LogP contribution in [0.5, 0.6) is 0 Å². The lowest BCUT2D eigenvalue weighted by Crippen LogP contribution is -2.32. The molecule has 0 saturated carbocycles. The van der Waals surface area contributed by atoms with Gasteiger partial charge in [-0.25, -0.2) is 9.78 Å². The molecule has 1 unspecified atom stereocenters. The number of urea groups is 1. The van der Waals surface area contributed by atoms with E-state index in [4.69, 9.17) is 11.6 Å². The number of hydrogen-bond donors (Lipinski definition) is 1. The summed E-state index contributed by atoms with van der Waals surface area (Å²) in [6.07, 6.45) is 0.400. The first kappa shape index (κ1) is 19.0. The van der Waals surface area contributed by atoms with Crippen molar-refractivity contribution in [2.24, 2.45) is 0 Å². The molecule has 3 amide bonds. The second-order valence-electron chi connectivity index (χ2n) is 5.91. The van der Waals surface area contributed by atoms with E-state index in [1.54, 1.807) is 17.5 Å². The first-order valence-corrected chi connectivity index (χ1v) is 9.47. The largest absolute Gasteiger partial charge is 0.329 e. The molecule has 1 atom stereocenters. The number of carbonyl (C=O) groups excluding carboxylic acids is 3. The van der Waals surface area contributed by atoms with Crippen LogP contribution in [0.4, 0.5) is 4.79 Å². The molecule has 2 heterocycles. The van der Waals surface area contributed by atoms with E-state index in [0.29, 0.717) is 22.1 Å². The average molecular weight is 403 g/mol. The highest BCUT2D eigenvalue weighted by Gasteiger charge is 2.29. The van der Waals surface area contributed by atoms with E-state index < -0.39 is 11.9 Å². The zero-order chi connectivity index (χ0) is 19.4. The van der Waals surface area contributed by atoms with Gasteiger partial charge in [0.1, 0.15) is 5.01 Å².